The fourth-order valence-corrected chi connectivity index (χ4v) is 1.61. The van der Waals surface area contributed by atoms with Crippen molar-refractivity contribution in [2.24, 2.45) is 5.41 Å². The van der Waals surface area contributed by atoms with Crippen LogP contribution in [0.5, 0.6) is 5.75 Å². The van der Waals surface area contributed by atoms with Crippen LogP contribution in [0.15, 0.2) is 60.4 Å². The van der Waals surface area contributed by atoms with Gasteiger partial charge in [0.25, 0.3) is 0 Å². The molecule has 17 heavy (non-hydrogen) atoms. The molecular weight excluding hydrogens is 208 g/mol. The molecule has 0 aliphatic heterocycles. The van der Waals surface area contributed by atoms with Crippen LogP contribution in [0, 0.1) is 12.3 Å². The van der Waals surface area contributed by atoms with E-state index >= 15 is 0 Å². The molecule has 0 amide bonds. The Morgan fingerprint density at radius 3 is 2.41 bits per heavy atom. The predicted molar refractivity (Wildman–Crippen MR) is 72.0 cm³/mol. The van der Waals surface area contributed by atoms with Crippen molar-refractivity contribution in [3.8, 4) is 5.75 Å². The second-order valence-electron chi connectivity index (χ2n) is 5.00. The molecule has 1 heteroatoms. The van der Waals surface area contributed by atoms with Gasteiger partial charge in [-0.2, -0.15) is 0 Å². The highest BCUT2D eigenvalue weighted by atomic mass is 16.5. The van der Waals surface area contributed by atoms with Crippen LogP contribution in [-0.4, -0.2) is 0 Å². The molecule has 0 spiro atoms. The molecule has 0 fully saturated rings. The molecule has 1 nitrogen and oxygen atoms in total. The summed E-state index contributed by atoms with van der Waals surface area (Å²) in [6.45, 7) is 6.41. The SMILES string of the molecule is Cc1ccc(OC2=CC=CC(C)(C)C=C2)cc1. The van der Waals surface area contributed by atoms with E-state index in [1.807, 2.05) is 30.4 Å². The van der Waals surface area contributed by atoms with Gasteiger partial charge in [0.05, 0.1) is 0 Å². The molecule has 2 rings (SSSR count). The van der Waals surface area contributed by atoms with Crippen molar-refractivity contribution in [1.82, 2.24) is 0 Å². The zero-order valence-electron chi connectivity index (χ0n) is 10.6. The van der Waals surface area contributed by atoms with Crippen LogP contribution in [0.2, 0.25) is 0 Å². The first kappa shape index (κ1) is 11.7. The summed E-state index contributed by atoms with van der Waals surface area (Å²) >= 11 is 0. The zero-order chi connectivity index (χ0) is 12.3. The molecule has 0 aromatic heterocycles. The van der Waals surface area contributed by atoms with Crippen LogP contribution in [0.1, 0.15) is 19.4 Å². The van der Waals surface area contributed by atoms with Crippen molar-refractivity contribution < 1.29 is 4.74 Å². The first-order chi connectivity index (χ1) is 8.05. The summed E-state index contributed by atoms with van der Waals surface area (Å²) in [6.07, 6.45) is 10.4. The third-order valence-electron chi connectivity index (χ3n) is 2.72. The molecule has 1 aliphatic rings. The highest BCUT2D eigenvalue weighted by Gasteiger charge is 2.10. The first-order valence-corrected chi connectivity index (χ1v) is 5.88. The second kappa shape index (κ2) is 4.62. The molecule has 0 radical (unpaired) electrons. The normalized spacial score (nSPS) is 17.5. The van der Waals surface area contributed by atoms with Gasteiger partial charge in [0.1, 0.15) is 11.5 Å². The highest BCUT2D eigenvalue weighted by molar-refractivity contribution is 5.33. The van der Waals surface area contributed by atoms with Crippen LogP contribution in [0.3, 0.4) is 0 Å². The lowest BCUT2D eigenvalue weighted by molar-refractivity contribution is 0.443. The minimum Gasteiger partial charge on any atom is -0.457 e. The number of allylic oxidation sites excluding steroid dienone is 5. The van der Waals surface area contributed by atoms with Gasteiger partial charge in [0.2, 0.25) is 0 Å². The largest absolute Gasteiger partial charge is 0.457 e. The van der Waals surface area contributed by atoms with Gasteiger partial charge >= 0.3 is 0 Å². The molecule has 1 aromatic rings. The fraction of sp³-hybridized carbons (Fsp3) is 0.250. The van der Waals surface area contributed by atoms with E-state index in [9.17, 15) is 0 Å². The Labute approximate surface area is 103 Å². The van der Waals surface area contributed by atoms with E-state index in [0.717, 1.165) is 11.5 Å². The van der Waals surface area contributed by atoms with E-state index in [1.54, 1.807) is 0 Å². The maximum absolute atomic E-state index is 5.81. The molecule has 0 saturated heterocycles. The van der Waals surface area contributed by atoms with Crippen LogP contribution < -0.4 is 4.74 Å². The number of rotatable bonds is 2. The van der Waals surface area contributed by atoms with E-state index in [-0.39, 0.29) is 5.41 Å². The van der Waals surface area contributed by atoms with Crippen molar-refractivity contribution >= 4 is 0 Å². The minimum absolute atomic E-state index is 0.0921. The molecule has 0 bridgehead atoms. The number of hydrogen-bond acceptors (Lipinski definition) is 1. The van der Waals surface area contributed by atoms with Gasteiger partial charge in [-0.1, -0.05) is 49.8 Å². The molecule has 0 atom stereocenters. The predicted octanol–water partition coefficient (Wildman–Crippen LogP) is 4.41. The van der Waals surface area contributed by atoms with Crippen molar-refractivity contribution in [3.05, 3.63) is 66.0 Å². The lowest BCUT2D eigenvalue weighted by Crippen LogP contribution is -2.01. The Hall–Kier alpha value is -1.76. The maximum atomic E-state index is 5.81. The van der Waals surface area contributed by atoms with Gasteiger partial charge in [-0.3, -0.25) is 0 Å². The summed E-state index contributed by atoms with van der Waals surface area (Å²) in [5.41, 5.74) is 1.33. The Kier molecular flexibility index (Phi) is 3.19. The first-order valence-electron chi connectivity index (χ1n) is 5.88. The van der Waals surface area contributed by atoms with Gasteiger partial charge < -0.3 is 4.74 Å². The standard InChI is InChI=1S/C16H18O/c1-13-6-8-15(9-7-13)17-14-5-4-11-16(2,3)12-10-14/h4-12H,1-3H3. The van der Waals surface area contributed by atoms with E-state index in [1.165, 1.54) is 5.56 Å². The highest BCUT2D eigenvalue weighted by Crippen LogP contribution is 2.24. The Bertz CT molecular complexity index is 473. The maximum Gasteiger partial charge on any atom is 0.127 e. The third-order valence-corrected chi connectivity index (χ3v) is 2.72. The average molecular weight is 226 g/mol. The Balaban J connectivity index is 2.13. The molecule has 0 N–H and O–H groups in total. The molecular formula is C16H18O. The van der Waals surface area contributed by atoms with Gasteiger partial charge in [-0.15, -0.1) is 0 Å². The smallest absolute Gasteiger partial charge is 0.127 e. The summed E-state index contributed by atoms with van der Waals surface area (Å²) in [6, 6.07) is 8.08. The van der Waals surface area contributed by atoms with E-state index in [0.29, 0.717) is 0 Å². The molecule has 0 heterocycles. The van der Waals surface area contributed by atoms with Crippen LogP contribution >= 0.6 is 0 Å². The van der Waals surface area contributed by atoms with Crippen molar-refractivity contribution in [3.63, 3.8) is 0 Å². The molecule has 1 aliphatic carbocycles. The van der Waals surface area contributed by atoms with Crippen molar-refractivity contribution in [2.75, 3.05) is 0 Å². The lowest BCUT2D eigenvalue weighted by Gasteiger charge is -2.12. The summed E-state index contributed by atoms with van der Waals surface area (Å²) in [4.78, 5) is 0. The average Bonchev–Trinajstić information content (AvgIpc) is 2.44. The quantitative estimate of drug-likeness (QED) is 0.725. The minimum atomic E-state index is 0.0921. The van der Waals surface area contributed by atoms with Crippen molar-refractivity contribution in [2.45, 2.75) is 20.8 Å². The molecule has 1 aromatic carbocycles. The van der Waals surface area contributed by atoms with E-state index in [2.05, 4.69) is 45.1 Å². The monoisotopic (exact) mass is 226 g/mol. The second-order valence-corrected chi connectivity index (χ2v) is 5.00. The molecule has 0 unspecified atom stereocenters. The van der Waals surface area contributed by atoms with Crippen LogP contribution in [-0.2, 0) is 0 Å². The summed E-state index contributed by atoms with van der Waals surface area (Å²) in [5, 5.41) is 0. The Morgan fingerprint density at radius 2 is 1.71 bits per heavy atom. The number of benzene rings is 1. The summed E-state index contributed by atoms with van der Waals surface area (Å²) < 4.78 is 5.81. The van der Waals surface area contributed by atoms with Gasteiger partial charge in [0.15, 0.2) is 0 Å². The van der Waals surface area contributed by atoms with Gasteiger partial charge in [0, 0.05) is 5.41 Å². The van der Waals surface area contributed by atoms with Crippen molar-refractivity contribution in [1.29, 1.82) is 0 Å². The van der Waals surface area contributed by atoms with Gasteiger partial charge in [-0.05, 0) is 31.2 Å². The molecule has 0 saturated carbocycles. The third kappa shape index (κ3) is 3.35. The summed E-state index contributed by atoms with van der Waals surface area (Å²) in [5.74, 6) is 1.75. The van der Waals surface area contributed by atoms with E-state index < -0.39 is 0 Å². The lowest BCUT2D eigenvalue weighted by atomic mass is 9.93. The topological polar surface area (TPSA) is 9.23 Å². The fourth-order valence-electron chi connectivity index (χ4n) is 1.61. The Morgan fingerprint density at radius 1 is 1.00 bits per heavy atom. The van der Waals surface area contributed by atoms with Crippen LogP contribution in [0.25, 0.3) is 0 Å². The number of ether oxygens (including phenoxy) is 1. The van der Waals surface area contributed by atoms with Crippen LogP contribution in [0.4, 0.5) is 0 Å². The van der Waals surface area contributed by atoms with Gasteiger partial charge in [-0.25, -0.2) is 0 Å². The zero-order valence-corrected chi connectivity index (χ0v) is 10.6. The number of hydrogen-bond donors (Lipinski definition) is 0. The number of aryl methyl sites for hydroxylation is 1. The molecule has 88 valence electrons. The van der Waals surface area contributed by atoms with E-state index in [4.69, 9.17) is 4.74 Å². The summed E-state index contributed by atoms with van der Waals surface area (Å²) in [7, 11) is 0.